The van der Waals surface area contributed by atoms with Crippen molar-refractivity contribution in [2.45, 2.75) is 47.1 Å². The average molecular weight is 317 g/mol. The Morgan fingerprint density at radius 1 is 0.952 bits per heavy atom. The largest absolute Gasteiger partial charge is 0.214 e. The average Bonchev–Trinajstić information content (AvgIpc) is 2.49. The van der Waals surface area contributed by atoms with Gasteiger partial charge in [-0.3, -0.25) is 0 Å². The molecule has 0 aliphatic carbocycles. The molecule has 0 aromatic heterocycles. The van der Waals surface area contributed by atoms with Gasteiger partial charge in [0.15, 0.2) is 0 Å². The minimum absolute atomic E-state index is 1.06. The van der Waals surface area contributed by atoms with Gasteiger partial charge in [0.25, 0.3) is 0 Å². The molecule has 0 nitrogen and oxygen atoms in total. The summed E-state index contributed by atoms with van der Waals surface area (Å²) in [4.78, 5) is 0. The summed E-state index contributed by atoms with van der Waals surface area (Å²) in [6.45, 7) is 11.0. The van der Waals surface area contributed by atoms with Crippen molar-refractivity contribution in [3.8, 4) is 0 Å². The molecule has 0 spiro atoms. The van der Waals surface area contributed by atoms with Crippen LogP contribution in [0, 0.1) is 13.8 Å². The summed E-state index contributed by atoms with van der Waals surface area (Å²) < 4.78 is 0. The molecule has 0 aliphatic rings. The molecular formula is C19H25ClSi. The molecule has 2 aromatic rings. The van der Waals surface area contributed by atoms with Crippen LogP contribution in [0.4, 0.5) is 0 Å². The second-order valence-corrected chi connectivity index (χ2v) is 11.4. The second kappa shape index (κ2) is 6.37. The first-order chi connectivity index (χ1) is 9.90. The maximum atomic E-state index is 7.16. The van der Waals surface area contributed by atoms with E-state index in [2.05, 4.69) is 70.6 Å². The SMILES string of the molecule is CCc1cc(CC)cc([Si](C)(Cl)c2cccc(C)c2C)c1. The van der Waals surface area contributed by atoms with Crippen LogP contribution < -0.4 is 10.4 Å². The molecule has 2 heteroatoms. The molecule has 0 amide bonds. The van der Waals surface area contributed by atoms with Gasteiger partial charge in [0.05, 0.1) is 0 Å². The Labute approximate surface area is 134 Å². The molecule has 1 atom stereocenters. The summed E-state index contributed by atoms with van der Waals surface area (Å²) in [5, 5.41) is 2.69. The minimum Gasteiger partial charge on any atom is -0.155 e. The van der Waals surface area contributed by atoms with Crippen LogP contribution >= 0.6 is 11.1 Å². The van der Waals surface area contributed by atoms with Gasteiger partial charge in [0, 0.05) is 0 Å². The van der Waals surface area contributed by atoms with Crippen molar-refractivity contribution in [1.82, 2.24) is 0 Å². The molecule has 2 rings (SSSR count). The van der Waals surface area contributed by atoms with E-state index in [0.717, 1.165) is 12.8 Å². The highest BCUT2D eigenvalue weighted by atomic mass is 35.6. The number of benzene rings is 2. The molecule has 0 bridgehead atoms. The first-order valence-electron chi connectivity index (χ1n) is 7.79. The number of halogens is 1. The van der Waals surface area contributed by atoms with Crippen LogP contribution in [0.25, 0.3) is 0 Å². The third-order valence-corrected chi connectivity index (χ3v) is 8.71. The molecule has 2 aromatic carbocycles. The Hall–Kier alpha value is -1.05. The molecule has 112 valence electrons. The van der Waals surface area contributed by atoms with Crippen molar-refractivity contribution >= 4 is 28.8 Å². The van der Waals surface area contributed by atoms with Gasteiger partial charge in [-0.05, 0) is 65.9 Å². The van der Waals surface area contributed by atoms with Crippen molar-refractivity contribution < 1.29 is 0 Å². The molecule has 0 aliphatic heterocycles. The van der Waals surface area contributed by atoms with E-state index in [-0.39, 0.29) is 0 Å². The molecule has 0 saturated heterocycles. The highest BCUT2D eigenvalue weighted by Gasteiger charge is 2.32. The van der Waals surface area contributed by atoms with Crippen LogP contribution in [-0.2, 0) is 12.8 Å². The fraction of sp³-hybridized carbons (Fsp3) is 0.368. The Morgan fingerprint density at radius 2 is 1.52 bits per heavy atom. The predicted octanol–water partition coefficient (Wildman–Crippen LogP) is 4.36. The molecule has 0 N–H and O–H groups in total. The van der Waals surface area contributed by atoms with Crippen LogP contribution in [0.5, 0.6) is 0 Å². The maximum absolute atomic E-state index is 7.16. The lowest BCUT2D eigenvalue weighted by atomic mass is 10.1. The van der Waals surface area contributed by atoms with Gasteiger partial charge >= 0.3 is 0 Å². The second-order valence-electron chi connectivity index (χ2n) is 6.00. The zero-order valence-electron chi connectivity index (χ0n) is 13.8. The molecular weight excluding hydrogens is 292 g/mol. The predicted molar refractivity (Wildman–Crippen MR) is 97.9 cm³/mol. The monoisotopic (exact) mass is 316 g/mol. The fourth-order valence-electron chi connectivity index (χ4n) is 2.86. The van der Waals surface area contributed by atoms with E-state index >= 15 is 0 Å². The number of aryl methyl sites for hydroxylation is 3. The maximum Gasteiger partial charge on any atom is 0.214 e. The van der Waals surface area contributed by atoms with Gasteiger partial charge in [-0.2, -0.15) is 11.1 Å². The van der Waals surface area contributed by atoms with Gasteiger partial charge in [-0.15, -0.1) is 0 Å². The Kier molecular flexibility index (Phi) is 4.95. The zero-order valence-corrected chi connectivity index (χ0v) is 15.5. The van der Waals surface area contributed by atoms with Crippen molar-refractivity contribution in [2.24, 2.45) is 0 Å². The van der Waals surface area contributed by atoms with Crippen molar-refractivity contribution in [3.05, 3.63) is 58.7 Å². The fourth-order valence-corrected chi connectivity index (χ4v) is 6.33. The smallest absolute Gasteiger partial charge is 0.155 e. The highest BCUT2D eigenvalue weighted by Crippen LogP contribution is 2.17. The summed E-state index contributed by atoms with van der Waals surface area (Å²) >= 11 is 7.16. The van der Waals surface area contributed by atoms with E-state index < -0.39 is 7.38 Å². The van der Waals surface area contributed by atoms with E-state index in [0.29, 0.717) is 0 Å². The lowest BCUT2D eigenvalue weighted by Gasteiger charge is -2.25. The quantitative estimate of drug-likeness (QED) is 0.581. The topological polar surface area (TPSA) is 0 Å². The molecule has 0 saturated carbocycles. The lowest BCUT2D eigenvalue weighted by molar-refractivity contribution is 1.09. The Morgan fingerprint density at radius 3 is 2.05 bits per heavy atom. The molecule has 0 heterocycles. The van der Waals surface area contributed by atoms with Gasteiger partial charge in [0.1, 0.15) is 0 Å². The summed E-state index contributed by atoms with van der Waals surface area (Å²) in [5.41, 5.74) is 5.47. The first-order valence-corrected chi connectivity index (χ1v) is 11.3. The van der Waals surface area contributed by atoms with E-state index in [9.17, 15) is 0 Å². The van der Waals surface area contributed by atoms with Crippen molar-refractivity contribution in [2.75, 3.05) is 0 Å². The normalized spacial score (nSPS) is 14.0. The van der Waals surface area contributed by atoms with E-state index in [1.165, 1.54) is 32.6 Å². The Balaban J connectivity index is 2.60. The lowest BCUT2D eigenvalue weighted by Crippen LogP contribution is -2.52. The molecule has 0 fully saturated rings. The minimum atomic E-state index is -2.15. The standard InChI is InChI=1S/C19H25ClSi/c1-6-16-11-17(7-2)13-18(12-16)21(5,20)19-10-8-9-14(3)15(19)4/h8-13H,6-7H2,1-5H3. The number of rotatable bonds is 4. The summed E-state index contributed by atoms with van der Waals surface area (Å²) in [6, 6.07) is 13.5. The van der Waals surface area contributed by atoms with Crippen LogP contribution in [0.15, 0.2) is 36.4 Å². The van der Waals surface area contributed by atoms with Gasteiger partial charge in [0.2, 0.25) is 7.38 Å². The van der Waals surface area contributed by atoms with Gasteiger partial charge in [-0.25, -0.2) is 0 Å². The van der Waals surface area contributed by atoms with E-state index in [4.69, 9.17) is 11.1 Å². The summed E-state index contributed by atoms with van der Waals surface area (Å²) in [5.74, 6) is 0. The third-order valence-electron chi connectivity index (χ3n) is 4.52. The number of hydrogen-bond donors (Lipinski definition) is 0. The Bertz CT molecular complexity index is 622. The molecule has 0 radical (unpaired) electrons. The number of hydrogen-bond acceptors (Lipinski definition) is 0. The summed E-state index contributed by atoms with van der Waals surface area (Å²) in [6.07, 6.45) is 2.13. The van der Waals surface area contributed by atoms with Gasteiger partial charge in [-0.1, -0.05) is 50.2 Å². The van der Waals surface area contributed by atoms with E-state index in [1.807, 2.05) is 0 Å². The van der Waals surface area contributed by atoms with Crippen LogP contribution in [0.2, 0.25) is 6.55 Å². The molecule has 21 heavy (non-hydrogen) atoms. The summed E-state index contributed by atoms with van der Waals surface area (Å²) in [7, 11) is -2.15. The molecule has 1 unspecified atom stereocenters. The zero-order chi connectivity index (χ0) is 15.6. The van der Waals surface area contributed by atoms with Gasteiger partial charge < -0.3 is 0 Å². The van der Waals surface area contributed by atoms with Crippen LogP contribution in [0.3, 0.4) is 0 Å². The highest BCUT2D eigenvalue weighted by molar-refractivity contribution is 7.33. The van der Waals surface area contributed by atoms with Crippen molar-refractivity contribution in [3.63, 3.8) is 0 Å². The first kappa shape index (κ1) is 16.3. The van der Waals surface area contributed by atoms with E-state index in [1.54, 1.807) is 0 Å². The van der Waals surface area contributed by atoms with Crippen molar-refractivity contribution in [1.29, 1.82) is 0 Å². The van der Waals surface area contributed by atoms with Crippen LogP contribution in [0.1, 0.15) is 36.1 Å². The third kappa shape index (κ3) is 3.25. The van der Waals surface area contributed by atoms with Crippen LogP contribution in [-0.4, -0.2) is 7.38 Å².